The highest BCUT2D eigenvalue weighted by Crippen LogP contribution is 2.17. The Kier molecular flexibility index (Phi) is 7.86. The molecule has 0 aliphatic rings. The molecule has 3 rings (SSSR count). The van der Waals surface area contributed by atoms with Crippen LogP contribution in [0.4, 0.5) is 0 Å². The molecule has 0 bridgehead atoms. The van der Waals surface area contributed by atoms with Gasteiger partial charge in [-0.05, 0) is 55.9 Å². The topological polar surface area (TPSA) is 60.1 Å². The van der Waals surface area contributed by atoms with E-state index in [1.54, 1.807) is 0 Å². The molecule has 0 aliphatic carbocycles. The molecule has 0 aliphatic heterocycles. The van der Waals surface area contributed by atoms with Gasteiger partial charge in [0.1, 0.15) is 0 Å². The van der Waals surface area contributed by atoms with Crippen LogP contribution in [0.1, 0.15) is 57.7 Å². The normalized spacial score (nSPS) is 10.9. The molecule has 0 saturated heterocycles. The van der Waals surface area contributed by atoms with Gasteiger partial charge in [0.15, 0.2) is 0 Å². The van der Waals surface area contributed by atoms with Gasteiger partial charge in [-0.3, -0.25) is 4.79 Å². The van der Waals surface area contributed by atoms with Gasteiger partial charge in [-0.15, -0.1) is 0 Å². The largest absolute Gasteiger partial charge is 0.348 e. The Morgan fingerprint density at radius 3 is 2.30 bits per heavy atom. The molecule has 0 unspecified atom stereocenters. The predicted octanol–water partition coefficient (Wildman–Crippen LogP) is 4.91. The second-order valence-electron chi connectivity index (χ2n) is 7.94. The van der Waals surface area contributed by atoms with Crippen LogP contribution in [0.5, 0.6) is 0 Å². The number of hydrogen-bond acceptors (Lipinski definition) is 2. The van der Waals surface area contributed by atoms with Gasteiger partial charge >= 0.3 is 0 Å². The number of benzene rings is 2. The quantitative estimate of drug-likeness (QED) is 0.473. The van der Waals surface area contributed by atoms with Gasteiger partial charge in [-0.1, -0.05) is 61.0 Å². The van der Waals surface area contributed by atoms with E-state index in [0.29, 0.717) is 13.1 Å². The molecule has 0 spiro atoms. The molecule has 1 heterocycles. The average Bonchev–Trinajstić information content (AvgIpc) is 3.06. The third-order valence-corrected chi connectivity index (χ3v) is 5.72. The average molecular weight is 404 g/mol. The zero-order chi connectivity index (χ0) is 21.3. The van der Waals surface area contributed by atoms with Crippen LogP contribution in [-0.2, 0) is 26.1 Å². The summed E-state index contributed by atoms with van der Waals surface area (Å²) in [5.74, 6) is -0.0127. The highest BCUT2D eigenvalue weighted by molar-refractivity contribution is 5.95. The Bertz CT molecular complexity index is 942. The minimum absolute atomic E-state index is 0.0127. The molecule has 30 heavy (non-hydrogen) atoms. The summed E-state index contributed by atoms with van der Waals surface area (Å²) in [6.07, 6.45) is 4.63. The van der Waals surface area contributed by atoms with Crippen LogP contribution in [0.3, 0.4) is 0 Å². The van der Waals surface area contributed by atoms with Crippen LogP contribution in [0.25, 0.3) is 0 Å². The highest BCUT2D eigenvalue weighted by atomic mass is 16.1. The van der Waals surface area contributed by atoms with E-state index >= 15 is 0 Å². The minimum atomic E-state index is -0.0127. The maximum atomic E-state index is 12.7. The Balaban J connectivity index is 1.49. The summed E-state index contributed by atoms with van der Waals surface area (Å²) in [7, 11) is 0. The van der Waals surface area contributed by atoms with Gasteiger partial charge < -0.3 is 15.6 Å². The first-order chi connectivity index (χ1) is 14.6. The number of nitrogens with zero attached hydrogens (tertiary/aromatic N) is 1. The summed E-state index contributed by atoms with van der Waals surface area (Å²) < 4.78 is 2.27. The van der Waals surface area contributed by atoms with Crippen LogP contribution in [0.2, 0.25) is 0 Å². The highest BCUT2D eigenvalue weighted by Gasteiger charge is 2.15. The van der Waals surface area contributed by atoms with Crippen molar-refractivity contribution in [3.05, 3.63) is 94.3 Å². The van der Waals surface area contributed by atoms with Gasteiger partial charge in [0.2, 0.25) is 0 Å². The molecule has 2 aromatic carbocycles. The molecule has 1 amide bonds. The monoisotopic (exact) mass is 403 g/mol. The van der Waals surface area contributed by atoms with Crippen LogP contribution in [0, 0.1) is 13.8 Å². The second kappa shape index (κ2) is 10.8. The molecule has 4 heteroatoms. The van der Waals surface area contributed by atoms with Crippen LogP contribution < -0.4 is 11.1 Å². The molecule has 0 radical (unpaired) electrons. The van der Waals surface area contributed by atoms with Gasteiger partial charge in [0.25, 0.3) is 5.91 Å². The van der Waals surface area contributed by atoms with E-state index in [0.717, 1.165) is 47.5 Å². The summed E-state index contributed by atoms with van der Waals surface area (Å²) in [5, 5.41) is 3.05. The number of carbonyl (C=O) groups is 1. The number of rotatable bonds is 10. The zero-order valence-corrected chi connectivity index (χ0v) is 18.2. The van der Waals surface area contributed by atoms with E-state index in [9.17, 15) is 4.79 Å². The third kappa shape index (κ3) is 5.83. The molecule has 0 fully saturated rings. The lowest BCUT2D eigenvalue weighted by Gasteiger charge is -2.10. The summed E-state index contributed by atoms with van der Waals surface area (Å²) in [5.41, 5.74) is 12.2. The predicted molar refractivity (Wildman–Crippen MR) is 123 cm³/mol. The SMILES string of the molecule is Cc1cc(C(=O)NCc2ccc(CN)cc2)c(C)n1CCCCCc1ccccc1. The number of nitrogens with one attached hydrogen (secondary N) is 1. The zero-order valence-electron chi connectivity index (χ0n) is 18.2. The van der Waals surface area contributed by atoms with E-state index in [-0.39, 0.29) is 5.91 Å². The van der Waals surface area contributed by atoms with Crippen molar-refractivity contribution >= 4 is 5.91 Å². The van der Waals surface area contributed by atoms with E-state index in [1.165, 1.54) is 18.4 Å². The lowest BCUT2D eigenvalue weighted by molar-refractivity contribution is 0.0950. The van der Waals surface area contributed by atoms with Crippen molar-refractivity contribution in [2.75, 3.05) is 0 Å². The number of hydrogen-bond donors (Lipinski definition) is 2. The lowest BCUT2D eigenvalue weighted by atomic mass is 10.1. The Labute approximate surface area is 180 Å². The lowest BCUT2D eigenvalue weighted by Crippen LogP contribution is -2.23. The third-order valence-electron chi connectivity index (χ3n) is 5.72. The van der Waals surface area contributed by atoms with E-state index in [4.69, 9.17) is 5.73 Å². The Hall–Kier alpha value is -2.85. The van der Waals surface area contributed by atoms with Gasteiger partial charge in [0.05, 0.1) is 5.56 Å². The van der Waals surface area contributed by atoms with Crippen LogP contribution >= 0.6 is 0 Å². The number of aromatic nitrogens is 1. The number of carbonyl (C=O) groups excluding carboxylic acids is 1. The molecule has 1 aromatic heterocycles. The smallest absolute Gasteiger partial charge is 0.253 e. The van der Waals surface area contributed by atoms with E-state index in [1.807, 2.05) is 37.3 Å². The van der Waals surface area contributed by atoms with Gasteiger partial charge in [0, 0.05) is 31.0 Å². The molecule has 3 aromatic rings. The van der Waals surface area contributed by atoms with Crippen molar-refractivity contribution in [2.45, 2.75) is 59.2 Å². The Morgan fingerprint density at radius 2 is 1.60 bits per heavy atom. The first-order valence-electron chi connectivity index (χ1n) is 10.8. The fourth-order valence-electron chi connectivity index (χ4n) is 3.87. The fraction of sp³-hybridized carbons (Fsp3) is 0.346. The minimum Gasteiger partial charge on any atom is -0.348 e. The molecule has 0 saturated carbocycles. The summed E-state index contributed by atoms with van der Waals surface area (Å²) >= 11 is 0. The van der Waals surface area contributed by atoms with Crippen molar-refractivity contribution in [1.29, 1.82) is 0 Å². The molecular formula is C26H33N3O. The van der Waals surface area contributed by atoms with Gasteiger partial charge in [-0.25, -0.2) is 0 Å². The molecular weight excluding hydrogens is 370 g/mol. The van der Waals surface area contributed by atoms with E-state index < -0.39 is 0 Å². The van der Waals surface area contributed by atoms with Gasteiger partial charge in [-0.2, -0.15) is 0 Å². The van der Waals surface area contributed by atoms with E-state index in [2.05, 4.69) is 47.1 Å². The number of amides is 1. The molecule has 3 N–H and O–H groups in total. The van der Waals surface area contributed by atoms with Crippen molar-refractivity contribution in [3.63, 3.8) is 0 Å². The van der Waals surface area contributed by atoms with Crippen molar-refractivity contribution < 1.29 is 4.79 Å². The maximum Gasteiger partial charge on any atom is 0.253 e. The summed E-state index contributed by atoms with van der Waals surface area (Å²) in [6, 6.07) is 20.7. The molecule has 158 valence electrons. The Morgan fingerprint density at radius 1 is 0.900 bits per heavy atom. The number of aryl methyl sites for hydroxylation is 2. The van der Waals surface area contributed by atoms with Crippen molar-refractivity contribution in [2.24, 2.45) is 5.73 Å². The molecule has 0 atom stereocenters. The number of unbranched alkanes of at least 4 members (excludes halogenated alkanes) is 2. The second-order valence-corrected chi connectivity index (χ2v) is 7.94. The van der Waals surface area contributed by atoms with Crippen molar-refractivity contribution in [1.82, 2.24) is 9.88 Å². The van der Waals surface area contributed by atoms with Crippen LogP contribution in [-0.4, -0.2) is 10.5 Å². The van der Waals surface area contributed by atoms with Crippen LogP contribution in [0.15, 0.2) is 60.7 Å². The summed E-state index contributed by atoms with van der Waals surface area (Å²) in [4.78, 5) is 12.7. The van der Waals surface area contributed by atoms with Crippen molar-refractivity contribution in [3.8, 4) is 0 Å². The standard InChI is InChI=1S/C26H33N3O/c1-20-17-25(26(30)28-19-24-14-12-23(18-27)13-15-24)21(2)29(20)16-8-4-7-11-22-9-5-3-6-10-22/h3,5-6,9-10,12-15,17H,4,7-8,11,16,18-19,27H2,1-2H3,(H,28,30). The number of nitrogens with two attached hydrogens (primary N) is 1. The first kappa shape index (κ1) is 21.8. The first-order valence-corrected chi connectivity index (χ1v) is 10.8. The summed E-state index contributed by atoms with van der Waals surface area (Å²) in [6.45, 7) is 6.14. The fourth-order valence-corrected chi connectivity index (χ4v) is 3.87. The molecule has 4 nitrogen and oxygen atoms in total. The maximum absolute atomic E-state index is 12.7.